The van der Waals surface area contributed by atoms with E-state index in [0.29, 0.717) is 24.3 Å². The Hall–Kier alpha value is -1.72. The Balaban J connectivity index is 1.66. The molecular weight excluding hydrogens is 256 g/mol. The highest BCUT2D eigenvalue weighted by Gasteiger charge is 2.23. The lowest BCUT2D eigenvalue weighted by molar-refractivity contribution is -0.131. The zero-order valence-electron chi connectivity index (χ0n) is 11.6. The molecule has 0 bridgehead atoms. The first kappa shape index (κ1) is 13.3. The molecule has 0 atom stereocenters. The number of carbonyl (C=O) groups is 2. The summed E-state index contributed by atoms with van der Waals surface area (Å²) in [4.78, 5) is 27.9. The molecule has 0 N–H and O–H groups in total. The monoisotopic (exact) mass is 274 g/mol. The number of ether oxygens (including phenoxy) is 1. The van der Waals surface area contributed by atoms with Crippen LogP contribution in [-0.2, 0) is 11.2 Å². The summed E-state index contributed by atoms with van der Waals surface area (Å²) >= 11 is 0. The third kappa shape index (κ3) is 2.73. The van der Waals surface area contributed by atoms with E-state index in [-0.39, 0.29) is 11.8 Å². The minimum Gasteiger partial charge on any atom is -0.426 e. The van der Waals surface area contributed by atoms with Crippen LogP contribution in [0, 0.1) is 0 Å². The van der Waals surface area contributed by atoms with Crippen LogP contribution in [0.5, 0.6) is 5.75 Å². The molecule has 0 aromatic heterocycles. The Kier molecular flexibility index (Phi) is 3.54. The van der Waals surface area contributed by atoms with Crippen molar-refractivity contribution in [1.29, 1.82) is 0 Å². The van der Waals surface area contributed by atoms with Crippen LogP contribution in [0.25, 0.3) is 0 Å². The lowest BCUT2D eigenvalue weighted by Gasteiger charge is -2.31. The summed E-state index contributed by atoms with van der Waals surface area (Å²) in [5.74, 6) is 0.378. The molecule has 1 saturated heterocycles. The molecule has 2 aliphatic heterocycles. The molecule has 0 spiro atoms. The summed E-state index contributed by atoms with van der Waals surface area (Å²) in [5.41, 5.74) is 1.49. The molecule has 2 heterocycles. The van der Waals surface area contributed by atoms with Crippen molar-refractivity contribution in [3.63, 3.8) is 0 Å². The van der Waals surface area contributed by atoms with Gasteiger partial charge in [0.1, 0.15) is 5.75 Å². The molecule has 1 aromatic rings. The van der Waals surface area contributed by atoms with Gasteiger partial charge in [0.15, 0.2) is 5.78 Å². The second-order valence-corrected chi connectivity index (χ2v) is 5.48. The topological polar surface area (TPSA) is 49.9 Å². The van der Waals surface area contributed by atoms with E-state index in [0.717, 1.165) is 31.7 Å². The van der Waals surface area contributed by atoms with E-state index in [1.807, 2.05) is 6.07 Å². The number of carbonyl (C=O) groups excluding carboxylic acids is 2. The maximum Gasteiger partial charge on any atom is 0.315 e. The quantitative estimate of drug-likeness (QED) is 0.458. The van der Waals surface area contributed by atoms with Crippen LogP contribution >= 0.6 is 0 Å². The highest BCUT2D eigenvalue weighted by molar-refractivity contribution is 5.98. The number of benzene rings is 1. The molecule has 5 heteroatoms. The molecule has 1 fully saturated rings. The van der Waals surface area contributed by atoms with Crippen molar-refractivity contribution in [1.82, 2.24) is 9.80 Å². The standard InChI is InChI=1S/C15H18N2O3/c1-16-4-6-17(7-5-16)10-13(18)11-2-3-12-9-15(19)20-14(12)8-11/h2-3,8H,4-7,9-10H2,1H3. The molecular formula is C15H18N2O3. The Morgan fingerprint density at radius 3 is 2.75 bits per heavy atom. The lowest BCUT2D eigenvalue weighted by Crippen LogP contribution is -2.46. The molecule has 0 aliphatic carbocycles. The SMILES string of the molecule is CN1CCN(CC(=O)c2ccc3c(c2)OC(=O)C3)CC1. The first-order valence-electron chi connectivity index (χ1n) is 6.89. The summed E-state index contributed by atoms with van der Waals surface area (Å²) in [6.07, 6.45) is 0.308. The van der Waals surface area contributed by atoms with Gasteiger partial charge in [-0.15, -0.1) is 0 Å². The van der Waals surface area contributed by atoms with Gasteiger partial charge in [-0.05, 0) is 13.1 Å². The van der Waals surface area contributed by atoms with Gasteiger partial charge in [-0.3, -0.25) is 14.5 Å². The van der Waals surface area contributed by atoms with E-state index in [1.165, 1.54) is 0 Å². The predicted octanol–water partition coefficient (Wildman–Crippen LogP) is 0.578. The van der Waals surface area contributed by atoms with Crippen molar-refractivity contribution in [2.45, 2.75) is 6.42 Å². The molecule has 1 aromatic carbocycles. The van der Waals surface area contributed by atoms with Crippen molar-refractivity contribution in [2.24, 2.45) is 0 Å². The van der Waals surface area contributed by atoms with Crippen LogP contribution in [0.4, 0.5) is 0 Å². The van der Waals surface area contributed by atoms with Gasteiger partial charge >= 0.3 is 5.97 Å². The van der Waals surface area contributed by atoms with Gasteiger partial charge in [-0.1, -0.05) is 12.1 Å². The summed E-state index contributed by atoms with van der Waals surface area (Å²) in [5, 5.41) is 0. The first-order chi connectivity index (χ1) is 9.61. The second kappa shape index (κ2) is 5.34. The van der Waals surface area contributed by atoms with Gasteiger partial charge < -0.3 is 9.64 Å². The molecule has 3 rings (SSSR count). The van der Waals surface area contributed by atoms with E-state index in [2.05, 4.69) is 16.8 Å². The second-order valence-electron chi connectivity index (χ2n) is 5.48. The van der Waals surface area contributed by atoms with Crippen molar-refractivity contribution in [3.8, 4) is 5.75 Å². The summed E-state index contributed by atoms with van der Waals surface area (Å²) in [6.45, 7) is 4.26. The van der Waals surface area contributed by atoms with E-state index in [1.54, 1.807) is 12.1 Å². The molecule has 0 radical (unpaired) electrons. The molecule has 5 nitrogen and oxygen atoms in total. The maximum absolute atomic E-state index is 12.3. The van der Waals surface area contributed by atoms with Crippen molar-refractivity contribution >= 4 is 11.8 Å². The number of hydrogen-bond donors (Lipinski definition) is 0. The molecule has 20 heavy (non-hydrogen) atoms. The minimum absolute atomic E-state index is 0.0836. The van der Waals surface area contributed by atoms with Crippen LogP contribution in [0.1, 0.15) is 15.9 Å². The number of likely N-dealkylation sites (N-methyl/N-ethyl adjacent to an activating group) is 1. The zero-order chi connectivity index (χ0) is 14.1. The highest BCUT2D eigenvalue weighted by atomic mass is 16.5. The van der Waals surface area contributed by atoms with Crippen LogP contribution in [0.3, 0.4) is 0 Å². The highest BCUT2D eigenvalue weighted by Crippen LogP contribution is 2.27. The van der Waals surface area contributed by atoms with Gasteiger partial charge in [0, 0.05) is 37.3 Å². The smallest absolute Gasteiger partial charge is 0.315 e. The number of ketones is 1. The average Bonchev–Trinajstić information content (AvgIpc) is 2.80. The lowest BCUT2D eigenvalue weighted by atomic mass is 10.1. The van der Waals surface area contributed by atoms with Gasteiger partial charge in [0.05, 0.1) is 13.0 Å². The van der Waals surface area contributed by atoms with Crippen LogP contribution in [0.15, 0.2) is 18.2 Å². The fraction of sp³-hybridized carbons (Fsp3) is 0.467. The third-order valence-corrected chi connectivity index (χ3v) is 3.91. The van der Waals surface area contributed by atoms with Crippen molar-refractivity contribution in [2.75, 3.05) is 39.8 Å². The van der Waals surface area contributed by atoms with Gasteiger partial charge in [-0.25, -0.2) is 0 Å². The predicted molar refractivity (Wildman–Crippen MR) is 74.0 cm³/mol. The van der Waals surface area contributed by atoms with Crippen molar-refractivity contribution in [3.05, 3.63) is 29.3 Å². The molecule has 2 aliphatic rings. The number of fused-ring (bicyclic) bond motifs is 1. The normalized spacial score (nSPS) is 19.8. The van der Waals surface area contributed by atoms with Crippen LogP contribution < -0.4 is 4.74 Å². The number of nitrogens with zero attached hydrogens (tertiary/aromatic N) is 2. The molecule has 0 saturated carbocycles. The summed E-state index contributed by atoms with van der Waals surface area (Å²) < 4.78 is 5.09. The Morgan fingerprint density at radius 2 is 2.00 bits per heavy atom. The number of esters is 1. The Morgan fingerprint density at radius 1 is 1.25 bits per heavy atom. The fourth-order valence-corrected chi connectivity index (χ4v) is 2.58. The first-order valence-corrected chi connectivity index (χ1v) is 6.89. The number of piperazine rings is 1. The Labute approximate surface area is 118 Å². The summed E-state index contributed by atoms with van der Waals surface area (Å²) in [7, 11) is 2.09. The minimum atomic E-state index is -0.247. The Bertz CT molecular complexity index is 548. The van der Waals surface area contributed by atoms with E-state index >= 15 is 0 Å². The van der Waals surface area contributed by atoms with Gasteiger partial charge in [0.2, 0.25) is 0 Å². The van der Waals surface area contributed by atoms with Gasteiger partial charge in [-0.2, -0.15) is 0 Å². The largest absolute Gasteiger partial charge is 0.426 e. The zero-order valence-corrected chi connectivity index (χ0v) is 11.6. The van der Waals surface area contributed by atoms with E-state index in [9.17, 15) is 9.59 Å². The number of hydrogen-bond acceptors (Lipinski definition) is 5. The van der Waals surface area contributed by atoms with Crippen LogP contribution in [-0.4, -0.2) is 61.3 Å². The van der Waals surface area contributed by atoms with Crippen LogP contribution in [0.2, 0.25) is 0 Å². The maximum atomic E-state index is 12.3. The number of rotatable bonds is 3. The van der Waals surface area contributed by atoms with Crippen molar-refractivity contribution < 1.29 is 14.3 Å². The summed E-state index contributed by atoms with van der Waals surface area (Å²) in [6, 6.07) is 5.30. The average molecular weight is 274 g/mol. The molecule has 0 amide bonds. The molecule has 106 valence electrons. The van der Waals surface area contributed by atoms with E-state index in [4.69, 9.17) is 4.74 Å². The fourth-order valence-electron chi connectivity index (χ4n) is 2.58. The third-order valence-electron chi connectivity index (χ3n) is 3.91. The number of Topliss-reactive ketones (excluding diaryl/α,β-unsaturated/α-hetero) is 1. The van der Waals surface area contributed by atoms with E-state index < -0.39 is 0 Å². The molecule has 0 unspecified atom stereocenters. The van der Waals surface area contributed by atoms with Gasteiger partial charge in [0.25, 0.3) is 0 Å².